The van der Waals surface area contributed by atoms with Gasteiger partial charge in [-0.15, -0.1) is 0 Å². The molecule has 6 heteroatoms. The van der Waals surface area contributed by atoms with Crippen LogP contribution in [-0.4, -0.2) is 43.0 Å². The average molecular weight is 343 g/mol. The molecule has 1 N–H and O–H groups in total. The van der Waals surface area contributed by atoms with Crippen LogP contribution in [0.3, 0.4) is 0 Å². The molecule has 2 aliphatic rings. The zero-order chi connectivity index (χ0) is 17.1. The van der Waals surface area contributed by atoms with Gasteiger partial charge in [0.05, 0.1) is 31.2 Å². The van der Waals surface area contributed by atoms with Gasteiger partial charge in [-0.3, -0.25) is 0 Å². The van der Waals surface area contributed by atoms with Crippen LogP contribution >= 0.6 is 0 Å². The average Bonchev–Trinajstić information content (AvgIpc) is 3.08. The Balaban J connectivity index is 1.46. The molecule has 0 aliphatic carbocycles. The second-order valence-corrected chi connectivity index (χ2v) is 6.60. The molecule has 1 aromatic heterocycles. The number of ether oxygens (including phenoxy) is 3. The van der Waals surface area contributed by atoms with Gasteiger partial charge in [0.25, 0.3) is 0 Å². The maximum absolute atomic E-state index is 5.92. The highest BCUT2D eigenvalue weighted by atomic mass is 16.5. The Morgan fingerprint density at radius 1 is 1.24 bits per heavy atom. The zero-order valence-electron chi connectivity index (χ0n) is 14.7. The summed E-state index contributed by atoms with van der Waals surface area (Å²) in [5.41, 5.74) is 2.55. The van der Waals surface area contributed by atoms with Gasteiger partial charge >= 0.3 is 0 Å². The van der Waals surface area contributed by atoms with Gasteiger partial charge < -0.3 is 24.1 Å². The van der Waals surface area contributed by atoms with Gasteiger partial charge in [0.15, 0.2) is 11.5 Å². The minimum atomic E-state index is 0.000586. The second-order valence-electron chi connectivity index (χ2n) is 6.60. The fraction of sp³-hybridized carbons (Fsp3) is 0.526. The normalized spacial score (nSPS) is 18.8. The van der Waals surface area contributed by atoms with Crippen LogP contribution in [0.25, 0.3) is 0 Å². The lowest BCUT2D eigenvalue weighted by Crippen LogP contribution is -2.51. The minimum absolute atomic E-state index is 0.000586. The fourth-order valence-electron chi connectivity index (χ4n) is 3.89. The van der Waals surface area contributed by atoms with Crippen LogP contribution in [0.1, 0.15) is 24.2 Å². The van der Waals surface area contributed by atoms with Crippen molar-refractivity contribution in [2.45, 2.75) is 31.3 Å². The lowest BCUT2D eigenvalue weighted by atomic mass is 9.82. The number of imidazole rings is 1. The van der Waals surface area contributed by atoms with E-state index in [4.69, 9.17) is 19.2 Å². The van der Waals surface area contributed by atoms with E-state index in [0.717, 1.165) is 57.1 Å². The smallest absolute Gasteiger partial charge is 0.161 e. The summed E-state index contributed by atoms with van der Waals surface area (Å²) in [5.74, 6) is 1.54. The standard InChI is InChI=1S/C19H25N3O3/c1-23-16-4-2-3-5-17(16)25-13-10-22-14-20-18-15(22)6-9-21-19(18)7-11-24-12-8-19/h2-5,14,21H,6-13H2,1H3. The lowest BCUT2D eigenvalue weighted by molar-refractivity contribution is 0.0322. The Hall–Kier alpha value is -2.05. The first-order valence-corrected chi connectivity index (χ1v) is 8.95. The molecule has 0 saturated carbocycles. The first kappa shape index (κ1) is 16.4. The molecule has 1 saturated heterocycles. The predicted molar refractivity (Wildman–Crippen MR) is 94.2 cm³/mol. The van der Waals surface area contributed by atoms with E-state index in [-0.39, 0.29) is 5.54 Å². The van der Waals surface area contributed by atoms with E-state index in [9.17, 15) is 0 Å². The summed E-state index contributed by atoms with van der Waals surface area (Å²) in [5, 5.41) is 3.70. The predicted octanol–water partition coefficient (Wildman–Crippen LogP) is 2.12. The van der Waals surface area contributed by atoms with Crippen molar-refractivity contribution in [1.82, 2.24) is 14.9 Å². The molecule has 3 heterocycles. The van der Waals surface area contributed by atoms with Crippen molar-refractivity contribution in [3.8, 4) is 11.5 Å². The third-order valence-corrected chi connectivity index (χ3v) is 5.23. The van der Waals surface area contributed by atoms with Crippen LogP contribution in [0.2, 0.25) is 0 Å². The van der Waals surface area contributed by atoms with Crippen LogP contribution in [-0.2, 0) is 23.2 Å². The monoisotopic (exact) mass is 343 g/mol. The number of rotatable bonds is 5. The fourth-order valence-corrected chi connectivity index (χ4v) is 3.89. The van der Waals surface area contributed by atoms with Crippen LogP contribution in [0, 0.1) is 0 Å². The molecule has 2 aromatic rings. The van der Waals surface area contributed by atoms with E-state index in [1.54, 1.807) is 7.11 Å². The molecular formula is C19H25N3O3. The van der Waals surface area contributed by atoms with Gasteiger partial charge in [0.2, 0.25) is 0 Å². The largest absolute Gasteiger partial charge is 0.493 e. The van der Waals surface area contributed by atoms with Crippen molar-refractivity contribution >= 4 is 0 Å². The highest BCUT2D eigenvalue weighted by Gasteiger charge is 2.40. The minimum Gasteiger partial charge on any atom is -0.493 e. The van der Waals surface area contributed by atoms with Crippen molar-refractivity contribution < 1.29 is 14.2 Å². The number of nitrogens with one attached hydrogen (secondary N) is 1. The van der Waals surface area contributed by atoms with Gasteiger partial charge in [-0.1, -0.05) is 12.1 Å². The van der Waals surface area contributed by atoms with Gasteiger partial charge in [0, 0.05) is 31.9 Å². The molecule has 0 radical (unpaired) electrons. The number of fused-ring (bicyclic) bond motifs is 2. The number of para-hydroxylation sites is 2. The molecule has 0 atom stereocenters. The molecule has 134 valence electrons. The summed E-state index contributed by atoms with van der Waals surface area (Å²) >= 11 is 0. The molecule has 0 amide bonds. The van der Waals surface area contributed by atoms with Gasteiger partial charge in [0.1, 0.15) is 6.61 Å². The van der Waals surface area contributed by atoms with Crippen molar-refractivity contribution in [1.29, 1.82) is 0 Å². The first-order valence-electron chi connectivity index (χ1n) is 8.95. The molecule has 25 heavy (non-hydrogen) atoms. The molecule has 4 rings (SSSR count). The summed E-state index contributed by atoms with van der Waals surface area (Å²) in [6, 6.07) is 7.74. The number of benzene rings is 1. The molecular weight excluding hydrogens is 318 g/mol. The first-order chi connectivity index (χ1) is 12.3. The summed E-state index contributed by atoms with van der Waals surface area (Å²) in [6.07, 6.45) is 4.95. The third-order valence-electron chi connectivity index (χ3n) is 5.23. The van der Waals surface area contributed by atoms with Gasteiger partial charge in [-0.05, 0) is 25.0 Å². The van der Waals surface area contributed by atoms with Crippen LogP contribution in [0.5, 0.6) is 11.5 Å². The molecule has 1 spiro atoms. The van der Waals surface area contributed by atoms with Crippen molar-refractivity contribution in [3.05, 3.63) is 42.0 Å². The van der Waals surface area contributed by atoms with Crippen molar-refractivity contribution in [3.63, 3.8) is 0 Å². The van der Waals surface area contributed by atoms with Gasteiger partial charge in [-0.25, -0.2) is 4.98 Å². The van der Waals surface area contributed by atoms with Crippen LogP contribution in [0.15, 0.2) is 30.6 Å². The highest BCUT2D eigenvalue weighted by molar-refractivity contribution is 5.39. The number of hydrogen-bond acceptors (Lipinski definition) is 5. The molecule has 0 unspecified atom stereocenters. The summed E-state index contributed by atoms with van der Waals surface area (Å²) in [7, 11) is 1.66. The van der Waals surface area contributed by atoms with E-state index in [2.05, 4.69) is 9.88 Å². The molecule has 1 fully saturated rings. The van der Waals surface area contributed by atoms with Crippen molar-refractivity contribution in [2.75, 3.05) is 33.5 Å². The Labute approximate surface area is 148 Å². The third kappa shape index (κ3) is 3.12. The van der Waals surface area contributed by atoms with E-state index in [1.165, 1.54) is 11.4 Å². The van der Waals surface area contributed by atoms with E-state index in [0.29, 0.717) is 6.61 Å². The molecule has 2 aliphatic heterocycles. The Bertz CT molecular complexity index is 722. The number of nitrogens with zero attached hydrogens (tertiary/aromatic N) is 2. The number of methoxy groups -OCH3 is 1. The van der Waals surface area contributed by atoms with Crippen LogP contribution in [0.4, 0.5) is 0 Å². The van der Waals surface area contributed by atoms with E-state index in [1.807, 2.05) is 30.6 Å². The highest BCUT2D eigenvalue weighted by Crippen LogP contribution is 2.36. The summed E-state index contributed by atoms with van der Waals surface area (Å²) in [4.78, 5) is 4.76. The number of aromatic nitrogens is 2. The molecule has 1 aromatic carbocycles. The zero-order valence-corrected chi connectivity index (χ0v) is 14.7. The maximum atomic E-state index is 5.92. The Kier molecular flexibility index (Phi) is 4.63. The topological polar surface area (TPSA) is 57.5 Å². The quantitative estimate of drug-likeness (QED) is 0.901. The second kappa shape index (κ2) is 7.06. The van der Waals surface area contributed by atoms with Gasteiger partial charge in [-0.2, -0.15) is 0 Å². The van der Waals surface area contributed by atoms with E-state index < -0.39 is 0 Å². The Morgan fingerprint density at radius 2 is 2.04 bits per heavy atom. The molecule has 6 nitrogen and oxygen atoms in total. The summed E-state index contributed by atoms with van der Waals surface area (Å²) in [6.45, 7) is 3.97. The van der Waals surface area contributed by atoms with Crippen LogP contribution < -0.4 is 14.8 Å². The number of hydrogen-bond donors (Lipinski definition) is 1. The van der Waals surface area contributed by atoms with Crippen molar-refractivity contribution in [2.24, 2.45) is 0 Å². The van der Waals surface area contributed by atoms with E-state index >= 15 is 0 Å². The lowest BCUT2D eigenvalue weighted by Gasteiger charge is -2.40. The Morgan fingerprint density at radius 3 is 2.84 bits per heavy atom. The maximum Gasteiger partial charge on any atom is 0.161 e. The SMILES string of the molecule is COc1ccccc1OCCn1cnc2c1CCNC21CCOCC1. The summed E-state index contributed by atoms with van der Waals surface area (Å²) < 4.78 is 19.0. The molecule has 0 bridgehead atoms.